The normalized spacial score (nSPS) is 28.6. The van der Waals surface area contributed by atoms with Gasteiger partial charge >= 0.3 is 0 Å². The second-order valence-electron chi connectivity index (χ2n) is 5.45. The average molecular weight is 248 g/mol. The maximum atomic E-state index is 10.7. The van der Waals surface area contributed by atoms with E-state index in [1.165, 1.54) is 5.56 Å². The highest BCUT2D eigenvalue weighted by Gasteiger charge is 2.38. The van der Waals surface area contributed by atoms with Crippen LogP contribution in [0, 0.1) is 0 Å². The van der Waals surface area contributed by atoms with Crippen LogP contribution in [0.1, 0.15) is 43.4 Å². The number of rotatable bonds is 2. The van der Waals surface area contributed by atoms with Crippen molar-refractivity contribution in [2.24, 2.45) is 0 Å². The van der Waals surface area contributed by atoms with Crippen molar-refractivity contribution >= 4 is 0 Å². The minimum absolute atomic E-state index is 0.473. The van der Waals surface area contributed by atoms with Gasteiger partial charge in [-0.3, -0.25) is 0 Å². The number of hydrogen-bond donors (Lipinski definition) is 1. The van der Waals surface area contributed by atoms with Gasteiger partial charge in [-0.2, -0.15) is 0 Å². The van der Waals surface area contributed by atoms with Crippen LogP contribution < -0.4 is 4.74 Å². The lowest BCUT2D eigenvalue weighted by Crippen LogP contribution is -2.39. The SMILES string of the molecule is CC1(C(O)c2cccc3c2OCC3)CCCCO1. The van der Waals surface area contributed by atoms with E-state index in [4.69, 9.17) is 9.47 Å². The molecule has 2 aliphatic rings. The van der Waals surface area contributed by atoms with Crippen molar-refractivity contribution < 1.29 is 14.6 Å². The van der Waals surface area contributed by atoms with Gasteiger partial charge in [0.2, 0.25) is 0 Å². The molecule has 18 heavy (non-hydrogen) atoms. The molecule has 2 aliphatic heterocycles. The van der Waals surface area contributed by atoms with Crippen LogP contribution in [-0.2, 0) is 11.2 Å². The topological polar surface area (TPSA) is 38.7 Å². The first-order valence-electron chi connectivity index (χ1n) is 6.77. The lowest BCUT2D eigenvalue weighted by atomic mass is 9.85. The molecular weight excluding hydrogens is 228 g/mol. The third-order valence-electron chi connectivity index (χ3n) is 4.12. The lowest BCUT2D eigenvalue weighted by molar-refractivity contribution is -0.138. The average Bonchev–Trinajstić information content (AvgIpc) is 2.87. The summed E-state index contributed by atoms with van der Waals surface area (Å²) in [5.41, 5.74) is 1.61. The highest BCUT2D eigenvalue weighted by atomic mass is 16.5. The molecule has 0 aliphatic carbocycles. The quantitative estimate of drug-likeness (QED) is 0.874. The molecule has 1 fully saturated rings. The Bertz CT molecular complexity index is 435. The number of ether oxygens (including phenoxy) is 2. The highest BCUT2D eigenvalue weighted by molar-refractivity contribution is 5.45. The van der Waals surface area contributed by atoms with E-state index < -0.39 is 11.7 Å². The number of aliphatic hydroxyl groups excluding tert-OH is 1. The molecule has 1 aromatic carbocycles. The van der Waals surface area contributed by atoms with E-state index in [2.05, 4.69) is 6.07 Å². The number of fused-ring (bicyclic) bond motifs is 1. The van der Waals surface area contributed by atoms with Gasteiger partial charge in [0, 0.05) is 18.6 Å². The van der Waals surface area contributed by atoms with Gasteiger partial charge in [-0.05, 0) is 31.7 Å². The van der Waals surface area contributed by atoms with Crippen LogP contribution in [0.25, 0.3) is 0 Å². The van der Waals surface area contributed by atoms with E-state index in [9.17, 15) is 5.11 Å². The van der Waals surface area contributed by atoms with Crippen LogP contribution in [-0.4, -0.2) is 23.9 Å². The van der Waals surface area contributed by atoms with Crippen molar-refractivity contribution in [1.29, 1.82) is 0 Å². The summed E-state index contributed by atoms with van der Waals surface area (Å²) in [4.78, 5) is 0. The second-order valence-corrected chi connectivity index (χ2v) is 5.45. The standard InChI is InChI=1S/C15H20O3/c1-15(8-2-3-9-18-15)14(16)12-6-4-5-11-7-10-17-13(11)12/h4-6,14,16H,2-3,7-10H2,1H3. The molecule has 0 saturated carbocycles. The Kier molecular flexibility index (Phi) is 3.04. The molecule has 0 amide bonds. The minimum atomic E-state index is -0.606. The van der Waals surface area contributed by atoms with Crippen molar-refractivity contribution in [3.05, 3.63) is 29.3 Å². The van der Waals surface area contributed by atoms with Crippen molar-refractivity contribution in [2.75, 3.05) is 13.2 Å². The molecule has 2 unspecified atom stereocenters. The van der Waals surface area contributed by atoms with E-state index in [-0.39, 0.29) is 0 Å². The Morgan fingerprint density at radius 3 is 2.94 bits per heavy atom. The molecule has 3 nitrogen and oxygen atoms in total. The Morgan fingerprint density at radius 2 is 2.17 bits per heavy atom. The first-order valence-corrected chi connectivity index (χ1v) is 6.77. The van der Waals surface area contributed by atoms with Crippen molar-refractivity contribution in [1.82, 2.24) is 0 Å². The zero-order valence-electron chi connectivity index (χ0n) is 10.8. The van der Waals surface area contributed by atoms with Crippen LogP contribution in [0.2, 0.25) is 0 Å². The van der Waals surface area contributed by atoms with Gasteiger partial charge in [0.1, 0.15) is 11.9 Å². The second kappa shape index (κ2) is 4.56. The molecular formula is C15H20O3. The van der Waals surface area contributed by atoms with E-state index in [1.807, 2.05) is 19.1 Å². The molecule has 3 rings (SSSR count). The summed E-state index contributed by atoms with van der Waals surface area (Å²) in [6, 6.07) is 6.03. The van der Waals surface area contributed by atoms with Gasteiger partial charge < -0.3 is 14.6 Å². The van der Waals surface area contributed by atoms with Crippen LogP contribution >= 0.6 is 0 Å². The summed E-state index contributed by atoms with van der Waals surface area (Å²) >= 11 is 0. The van der Waals surface area contributed by atoms with Gasteiger partial charge in [0.05, 0.1) is 12.2 Å². The Labute approximate surface area is 108 Å². The molecule has 98 valence electrons. The van der Waals surface area contributed by atoms with Crippen molar-refractivity contribution in [3.63, 3.8) is 0 Å². The summed E-state index contributed by atoms with van der Waals surface area (Å²) in [7, 11) is 0. The lowest BCUT2D eigenvalue weighted by Gasteiger charge is -2.38. The van der Waals surface area contributed by atoms with E-state index in [0.29, 0.717) is 0 Å². The van der Waals surface area contributed by atoms with Gasteiger partial charge in [0.25, 0.3) is 0 Å². The van der Waals surface area contributed by atoms with Crippen molar-refractivity contribution in [3.8, 4) is 5.75 Å². The molecule has 1 saturated heterocycles. The summed E-state index contributed by atoms with van der Waals surface area (Å²) in [6.45, 7) is 3.46. The molecule has 1 aromatic rings. The van der Waals surface area contributed by atoms with Crippen LogP contribution in [0.3, 0.4) is 0 Å². The van der Waals surface area contributed by atoms with Gasteiger partial charge in [-0.15, -0.1) is 0 Å². The molecule has 2 atom stereocenters. The molecule has 3 heteroatoms. The molecule has 2 heterocycles. The molecule has 1 N–H and O–H groups in total. The fourth-order valence-corrected chi connectivity index (χ4v) is 2.96. The minimum Gasteiger partial charge on any atom is -0.493 e. The maximum absolute atomic E-state index is 10.7. The van der Waals surface area contributed by atoms with Crippen LogP contribution in [0.5, 0.6) is 5.75 Å². The zero-order chi connectivity index (χ0) is 12.6. The molecule has 0 bridgehead atoms. The largest absolute Gasteiger partial charge is 0.493 e. The molecule has 0 radical (unpaired) electrons. The summed E-state index contributed by atoms with van der Waals surface area (Å²) < 4.78 is 11.5. The third-order valence-corrected chi connectivity index (χ3v) is 4.12. The fraction of sp³-hybridized carbons (Fsp3) is 0.600. The molecule has 0 spiro atoms. The Balaban J connectivity index is 1.92. The van der Waals surface area contributed by atoms with Gasteiger partial charge in [-0.25, -0.2) is 0 Å². The number of hydrogen-bond acceptors (Lipinski definition) is 3. The van der Waals surface area contributed by atoms with E-state index in [1.54, 1.807) is 0 Å². The van der Waals surface area contributed by atoms with Crippen molar-refractivity contribution in [2.45, 2.75) is 44.3 Å². The van der Waals surface area contributed by atoms with Gasteiger partial charge in [0.15, 0.2) is 0 Å². The smallest absolute Gasteiger partial charge is 0.128 e. The summed E-state index contributed by atoms with van der Waals surface area (Å²) in [6.07, 6.45) is 3.44. The van der Waals surface area contributed by atoms with E-state index in [0.717, 1.165) is 50.2 Å². The number of para-hydroxylation sites is 1. The maximum Gasteiger partial charge on any atom is 0.128 e. The predicted molar refractivity (Wildman–Crippen MR) is 68.8 cm³/mol. The van der Waals surface area contributed by atoms with Crippen LogP contribution in [0.4, 0.5) is 0 Å². The summed E-state index contributed by atoms with van der Waals surface area (Å²) in [5, 5.41) is 10.7. The fourth-order valence-electron chi connectivity index (χ4n) is 2.96. The highest BCUT2D eigenvalue weighted by Crippen LogP contribution is 2.42. The van der Waals surface area contributed by atoms with E-state index >= 15 is 0 Å². The van der Waals surface area contributed by atoms with Gasteiger partial charge in [-0.1, -0.05) is 18.2 Å². The number of benzene rings is 1. The number of aliphatic hydroxyl groups is 1. The third kappa shape index (κ3) is 1.91. The molecule has 0 aromatic heterocycles. The predicted octanol–water partition coefficient (Wildman–Crippen LogP) is 2.61. The first kappa shape index (κ1) is 12.0. The monoisotopic (exact) mass is 248 g/mol. The Hall–Kier alpha value is -1.06. The van der Waals surface area contributed by atoms with Crippen LogP contribution in [0.15, 0.2) is 18.2 Å². The Morgan fingerprint density at radius 1 is 1.28 bits per heavy atom. The summed E-state index contributed by atoms with van der Waals surface area (Å²) in [5.74, 6) is 0.875. The first-order chi connectivity index (χ1) is 8.71. The zero-order valence-corrected chi connectivity index (χ0v) is 10.8.